The van der Waals surface area contributed by atoms with Gasteiger partial charge in [0.25, 0.3) is 0 Å². The normalized spacial score (nSPS) is 16.9. The fourth-order valence-corrected chi connectivity index (χ4v) is 5.03. The van der Waals surface area contributed by atoms with Crippen LogP contribution in [0.4, 0.5) is 0 Å². The largest absolute Gasteiger partial charge is 0.486 e. The lowest BCUT2D eigenvalue weighted by Crippen LogP contribution is -2.47. The highest BCUT2D eigenvalue weighted by Crippen LogP contribution is 2.31. The van der Waals surface area contributed by atoms with Crippen molar-refractivity contribution < 1.29 is 19.1 Å². The molecule has 6 heteroatoms. The molecule has 2 aliphatic rings. The number of nitrogens with zero attached hydrogens (tertiary/aromatic N) is 1. The Labute approximate surface area is 215 Å². The maximum atomic E-state index is 12.8. The van der Waals surface area contributed by atoms with E-state index in [1.54, 1.807) is 0 Å². The summed E-state index contributed by atoms with van der Waals surface area (Å²) in [7, 11) is 0. The van der Waals surface area contributed by atoms with Crippen LogP contribution in [0.2, 0.25) is 0 Å². The summed E-state index contributed by atoms with van der Waals surface area (Å²) in [6.45, 7) is 6.50. The summed E-state index contributed by atoms with van der Waals surface area (Å²) in [5.74, 6) is 2.63. The zero-order valence-corrected chi connectivity index (χ0v) is 21.5. The first kappa shape index (κ1) is 26.2. The van der Waals surface area contributed by atoms with Gasteiger partial charge in [-0.25, -0.2) is 0 Å². The molecule has 0 aromatic heterocycles. The Bertz CT molecular complexity index is 986. The molecule has 1 N–H and O–H groups in total. The van der Waals surface area contributed by atoms with Crippen molar-refractivity contribution in [3.63, 3.8) is 0 Å². The summed E-state index contributed by atoms with van der Waals surface area (Å²) in [5, 5.41) is 3.31. The van der Waals surface area contributed by atoms with Gasteiger partial charge in [0.1, 0.15) is 13.2 Å². The number of unbranched alkanes of at least 4 members (excludes halogenated alkanes) is 2. The molecule has 2 aromatic rings. The number of Topliss-reactive ketones (excluding diaryl/α,β-unsaturated/α-hetero) is 1. The number of likely N-dealkylation sites (tertiary alicyclic amines) is 1. The number of ketones is 1. The molecule has 0 spiro atoms. The number of benzene rings is 2. The summed E-state index contributed by atoms with van der Waals surface area (Å²) in [6, 6.07) is 15.6. The molecule has 2 aliphatic heterocycles. The molecule has 1 amide bonds. The van der Waals surface area contributed by atoms with Gasteiger partial charge in [0.05, 0.1) is 0 Å². The second-order valence-corrected chi connectivity index (χ2v) is 10.3. The monoisotopic (exact) mass is 492 g/mol. The summed E-state index contributed by atoms with van der Waals surface area (Å²) in [6.07, 6.45) is 6.71. The van der Waals surface area contributed by atoms with Crippen molar-refractivity contribution >= 4 is 11.7 Å². The zero-order chi connectivity index (χ0) is 25.2. The molecule has 4 rings (SSSR count). The number of rotatable bonds is 12. The molecular weight excluding hydrogens is 452 g/mol. The minimum absolute atomic E-state index is 0.0492. The van der Waals surface area contributed by atoms with E-state index in [-0.39, 0.29) is 17.7 Å². The predicted octanol–water partition coefficient (Wildman–Crippen LogP) is 5.05. The Kier molecular flexibility index (Phi) is 9.79. The van der Waals surface area contributed by atoms with Gasteiger partial charge in [-0.3, -0.25) is 9.59 Å². The summed E-state index contributed by atoms with van der Waals surface area (Å²) >= 11 is 0. The first-order valence-electron chi connectivity index (χ1n) is 13.6. The number of carbonyl (C=O) groups excluding carboxylic acids is 2. The third-order valence-corrected chi connectivity index (χ3v) is 7.21. The second-order valence-electron chi connectivity index (χ2n) is 10.3. The average molecular weight is 493 g/mol. The van der Waals surface area contributed by atoms with Crippen molar-refractivity contribution in [2.75, 3.05) is 32.8 Å². The molecular formula is C30H40N2O4. The van der Waals surface area contributed by atoms with Gasteiger partial charge in [0.2, 0.25) is 5.91 Å². The number of nitrogens with one attached hydrogen (secondary N) is 1. The Hall–Kier alpha value is -2.86. The van der Waals surface area contributed by atoms with E-state index in [2.05, 4.69) is 29.3 Å². The SMILES string of the molecule is CC1CCN(C[C@H](Cc2ccc3c(c2)OCCO3)NC(=O)CCCCCC(=O)c2ccccc2)CC1. The number of piperidine rings is 1. The highest BCUT2D eigenvalue weighted by atomic mass is 16.6. The fourth-order valence-electron chi connectivity index (χ4n) is 5.03. The van der Waals surface area contributed by atoms with Crippen LogP contribution in [-0.2, 0) is 11.2 Å². The van der Waals surface area contributed by atoms with Crippen LogP contribution in [0.3, 0.4) is 0 Å². The lowest BCUT2D eigenvalue weighted by Gasteiger charge is -2.33. The molecule has 0 saturated carbocycles. The molecule has 1 saturated heterocycles. The second kappa shape index (κ2) is 13.4. The molecule has 36 heavy (non-hydrogen) atoms. The van der Waals surface area contributed by atoms with Crippen LogP contribution in [0.1, 0.15) is 67.8 Å². The van der Waals surface area contributed by atoms with Gasteiger partial charge in [-0.05, 0) is 68.8 Å². The van der Waals surface area contributed by atoms with E-state index in [0.717, 1.165) is 73.9 Å². The third kappa shape index (κ3) is 8.09. The number of hydrogen-bond acceptors (Lipinski definition) is 5. The van der Waals surface area contributed by atoms with Crippen LogP contribution in [0.15, 0.2) is 48.5 Å². The van der Waals surface area contributed by atoms with Gasteiger partial charge < -0.3 is 19.7 Å². The predicted molar refractivity (Wildman–Crippen MR) is 142 cm³/mol. The lowest BCUT2D eigenvalue weighted by atomic mass is 9.97. The molecule has 2 aromatic carbocycles. The van der Waals surface area contributed by atoms with E-state index in [1.165, 1.54) is 12.8 Å². The van der Waals surface area contributed by atoms with E-state index in [9.17, 15) is 9.59 Å². The van der Waals surface area contributed by atoms with Crippen molar-refractivity contribution in [3.8, 4) is 11.5 Å². The molecule has 6 nitrogen and oxygen atoms in total. The minimum atomic E-state index is 0.0492. The fraction of sp³-hybridized carbons (Fsp3) is 0.533. The molecule has 0 radical (unpaired) electrons. The van der Waals surface area contributed by atoms with E-state index in [0.29, 0.717) is 26.1 Å². The van der Waals surface area contributed by atoms with Gasteiger partial charge >= 0.3 is 0 Å². The molecule has 0 unspecified atom stereocenters. The molecule has 0 bridgehead atoms. The minimum Gasteiger partial charge on any atom is -0.486 e. The third-order valence-electron chi connectivity index (χ3n) is 7.21. The van der Waals surface area contributed by atoms with Gasteiger partial charge in [0.15, 0.2) is 17.3 Å². The van der Waals surface area contributed by atoms with E-state index in [4.69, 9.17) is 9.47 Å². The summed E-state index contributed by atoms with van der Waals surface area (Å²) < 4.78 is 11.4. The average Bonchev–Trinajstić information content (AvgIpc) is 2.90. The van der Waals surface area contributed by atoms with Crippen LogP contribution in [0, 0.1) is 5.92 Å². The van der Waals surface area contributed by atoms with E-state index < -0.39 is 0 Å². The first-order chi connectivity index (χ1) is 17.6. The number of carbonyl (C=O) groups is 2. The standard InChI is InChI=1S/C30H40N2O4/c1-23-14-16-32(17-15-23)22-26(20-24-12-13-28-29(21-24)36-19-18-35-28)31-30(34)11-7-3-6-10-27(33)25-8-4-2-5-9-25/h2,4-5,8-9,12-13,21,23,26H,3,6-7,10-11,14-20,22H2,1H3,(H,31,34)/t26-/m0/s1. The van der Waals surface area contributed by atoms with Crippen LogP contribution >= 0.6 is 0 Å². The van der Waals surface area contributed by atoms with Crippen molar-refractivity contribution in [1.82, 2.24) is 10.2 Å². The van der Waals surface area contributed by atoms with Crippen LogP contribution in [0.5, 0.6) is 11.5 Å². The van der Waals surface area contributed by atoms with Gasteiger partial charge in [-0.2, -0.15) is 0 Å². The number of ether oxygens (including phenoxy) is 2. The van der Waals surface area contributed by atoms with Gasteiger partial charge in [0, 0.05) is 31.0 Å². The molecule has 1 atom stereocenters. The maximum absolute atomic E-state index is 12.8. The smallest absolute Gasteiger partial charge is 0.220 e. The first-order valence-corrected chi connectivity index (χ1v) is 13.6. The van der Waals surface area contributed by atoms with Crippen molar-refractivity contribution in [1.29, 1.82) is 0 Å². The Morgan fingerprint density at radius 3 is 2.44 bits per heavy atom. The van der Waals surface area contributed by atoms with Crippen LogP contribution in [0.25, 0.3) is 0 Å². The van der Waals surface area contributed by atoms with Gasteiger partial charge in [-0.15, -0.1) is 0 Å². The lowest BCUT2D eigenvalue weighted by molar-refractivity contribution is -0.122. The quantitative estimate of drug-likeness (QED) is 0.332. The highest BCUT2D eigenvalue weighted by molar-refractivity contribution is 5.95. The highest BCUT2D eigenvalue weighted by Gasteiger charge is 2.22. The Balaban J connectivity index is 1.25. The van der Waals surface area contributed by atoms with E-state index >= 15 is 0 Å². The molecule has 1 fully saturated rings. The van der Waals surface area contributed by atoms with Crippen molar-refractivity contribution in [2.24, 2.45) is 5.92 Å². The number of hydrogen-bond donors (Lipinski definition) is 1. The molecule has 2 heterocycles. The number of fused-ring (bicyclic) bond motifs is 1. The van der Waals surface area contributed by atoms with Crippen molar-refractivity contribution in [2.45, 2.75) is 64.3 Å². The Morgan fingerprint density at radius 2 is 1.67 bits per heavy atom. The Morgan fingerprint density at radius 1 is 0.944 bits per heavy atom. The summed E-state index contributed by atoms with van der Waals surface area (Å²) in [4.78, 5) is 27.6. The molecule has 194 valence electrons. The summed E-state index contributed by atoms with van der Waals surface area (Å²) in [5.41, 5.74) is 1.92. The zero-order valence-electron chi connectivity index (χ0n) is 21.5. The topological polar surface area (TPSA) is 67.9 Å². The van der Waals surface area contributed by atoms with Crippen molar-refractivity contribution in [3.05, 3.63) is 59.7 Å². The van der Waals surface area contributed by atoms with Gasteiger partial charge in [-0.1, -0.05) is 49.7 Å². The number of amides is 1. The van der Waals surface area contributed by atoms with Crippen LogP contribution < -0.4 is 14.8 Å². The van der Waals surface area contributed by atoms with Crippen LogP contribution in [-0.4, -0.2) is 55.5 Å². The van der Waals surface area contributed by atoms with E-state index in [1.807, 2.05) is 36.4 Å². The molecule has 0 aliphatic carbocycles. The maximum Gasteiger partial charge on any atom is 0.220 e.